The van der Waals surface area contributed by atoms with E-state index in [1.807, 2.05) is 13.0 Å². The number of anilines is 1. The van der Waals surface area contributed by atoms with Gasteiger partial charge in [-0.15, -0.1) is 11.3 Å². The molecule has 1 aromatic heterocycles. The maximum Gasteiger partial charge on any atom is 0.137 e. The number of aryl methyl sites for hydroxylation is 1. The summed E-state index contributed by atoms with van der Waals surface area (Å²) >= 11 is 1.66. The molecule has 4 heteroatoms. The zero-order valence-corrected chi connectivity index (χ0v) is 12.3. The number of rotatable bonds is 3. The summed E-state index contributed by atoms with van der Waals surface area (Å²) in [5, 5.41) is 3.47. The van der Waals surface area contributed by atoms with Crippen molar-refractivity contribution in [2.75, 3.05) is 12.8 Å². The van der Waals surface area contributed by atoms with Crippen LogP contribution in [0.5, 0.6) is 5.75 Å². The van der Waals surface area contributed by atoms with Gasteiger partial charge in [0.15, 0.2) is 0 Å². The first-order valence-corrected chi connectivity index (χ1v) is 7.26. The second-order valence-corrected chi connectivity index (χ2v) is 6.02. The van der Waals surface area contributed by atoms with Gasteiger partial charge in [-0.25, -0.2) is 4.98 Å². The predicted molar refractivity (Wildman–Crippen MR) is 84.6 cm³/mol. The fraction of sp³-hybridized carbons (Fsp3) is 0.188. The molecule has 0 radical (unpaired) electrons. The molecule has 0 unspecified atom stereocenters. The topological polar surface area (TPSA) is 48.1 Å². The average molecular weight is 284 g/mol. The summed E-state index contributed by atoms with van der Waals surface area (Å²) in [6.45, 7) is 2.00. The van der Waals surface area contributed by atoms with Crippen LogP contribution in [0.3, 0.4) is 0 Å². The first-order valence-electron chi connectivity index (χ1n) is 6.45. The van der Waals surface area contributed by atoms with Crippen LogP contribution >= 0.6 is 11.3 Å². The molecule has 2 N–H and O–H groups in total. The first kappa shape index (κ1) is 12.9. The highest BCUT2D eigenvalue weighted by Gasteiger charge is 2.08. The Bertz CT molecular complexity index is 745. The molecule has 102 valence electrons. The Balaban J connectivity index is 2.06. The van der Waals surface area contributed by atoms with E-state index in [1.54, 1.807) is 18.4 Å². The highest BCUT2D eigenvalue weighted by molar-refractivity contribution is 7.12. The highest BCUT2D eigenvalue weighted by Crippen LogP contribution is 2.28. The van der Waals surface area contributed by atoms with E-state index < -0.39 is 0 Å². The molecule has 0 aliphatic heterocycles. The molecule has 1 heterocycles. The van der Waals surface area contributed by atoms with Crippen LogP contribution in [0.15, 0.2) is 36.4 Å². The van der Waals surface area contributed by atoms with E-state index in [1.165, 1.54) is 16.3 Å². The number of hydrogen-bond donors (Lipinski definition) is 1. The zero-order chi connectivity index (χ0) is 14.1. The maximum atomic E-state index is 5.83. The van der Waals surface area contributed by atoms with E-state index >= 15 is 0 Å². The highest BCUT2D eigenvalue weighted by atomic mass is 32.1. The lowest BCUT2D eigenvalue weighted by Crippen LogP contribution is -1.92. The Hall–Kier alpha value is -2.07. The normalized spacial score (nSPS) is 10.9. The Morgan fingerprint density at radius 3 is 2.80 bits per heavy atom. The van der Waals surface area contributed by atoms with Crippen molar-refractivity contribution in [3.05, 3.63) is 51.8 Å². The minimum Gasteiger partial charge on any atom is -0.497 e. The van der Waals surface area contributed by atoms with E-state index in [4.69, 9.17) is 10.5 Å². The van der Waals surface area contributed by atoms with Crippen LogP contribution in [-0.2, 0) is 6.42 Å². The number of hydrogen-bond acceptors (Lipinski definition) is 4. The van der Waals surface area contributed by atoms with E-state index in [9.17, 15) is 0 Å². The molecule has 3 nitrogen and oxygen atoms in total. The molecule has 20 heavy (non-hydrogen) atoms. The van der Waals surface area contributed by atoms with Crippen LogP contribution in [0.4, 0.5) is 5.82 Å². The minimum absolute atomic E-state index is 0.641. The van der Waals surface area contributed by atoms with Gasteiger partial charge >= 0.3 is 0 Å². The lowest BCUT2D eigenvalue weighted by Gasteiger charge is -2.07. The van der Waals surface area contributed by atoms with Gasteiger partial charge < -0.3 is 10.5 Å². The van der Waals surface area contributed by atoms with Crippen molar-refractivity contribution in [2.24, 2.45) is 0 Å². The third-order valence-corrected chi connectivity index (χ3v) is 4.38. The first-order chi connectivity index (χ1) is 9.67. The summed E-state index contributed by atoms with van der Waals surface area (Å²) < 4.78 is 5.32. The van der Waals surface area contributed by atoms with Gasteiger partial charge in [-0.1, -0.05) is 24.3 Å². The van der Waals surface area contributed by atoms with Gasteiger partial charge in [0.05, 0.1) is 12.1 Å². The Morgan fingerprint density at radius 2 is 2.10 bits per heavy atom. The Kier molecular flexibility index (Phi) is 3.32. The van der Waals surface area contributed by atoms with Gasteiger partial charge in [0.2, 0.25) is 0 Å². The molecular weight excluding hydrogens is 268 g/mol. The van der Waals surface area contributed by atoms with Gasteiger partial charge in [-0.2, -0.15) is 0 Å². The fourth-order valence-corrected chi connectivity index (χ4v) is 3.18. The van der Waals surface area contributed by atoms with E-state index in [0.717, 1.165) is 22.1 Å². The molecule has 3 aromatic rings. The summed E-state index contributed by atoms with van der Waals surface area (Å²) in [6, 6.07) is 12.5. The van der Waals surface area contributed by atoms with Gasteiger partial charge in [0.25, 0.3) is 0 Å². The molecule has 0 bridgehead atoms. The van der Waals surface area contributed by atoms with E-state index in [-0.39, 0.29) is 0 Å². The number of benzene rings is 2. The van der Waals surface area contributed by atoms with Crippen LogP contribution in [0.2, 0.25) is 0 Å². The van der Waals surface area contributed by atoms with Crippen molar-refractivity contribution < 1.29 is 4.74 Å². The quantitative estimate of drug-likeness (QED) is 0.796. The fourth-order valence-electron chi connectivity index (χ4n) is 2.30. The standard InChI is InChI=1S/C16H16N2OS/c1-10-16(17)18-15(20-10)8-12-5-3-4-11-6-7-13(19-2)9-14(11)12/h3-7,9H,8,17H2,1-2H3. The SMILES string of the molecule is COc1ccc2cccc(Cc3nc(N)c(C)s3)c2c1. The third-order valence-electron chi connectivity index (χ3n) is 3.40. The predicted octanol–water partition coefficient (Wildman–Crippen LogP) is 3.79. The Labute approximate surface area is 122 Å². The van der Waals surface area contributed by atoms with Crippen molar-refractivity contribution in [2.45, 2.75) is 13.3 Å². The Morgan fingerprint density at radius 1 is 1.25 bits per heavy atom. The number of methoxy groups -OCH3 is 1. The van der Waals surface area contributed by atoms with Crippen molar-refractivity contribution in [3.63, 3.8) is 0 Å². The summed E-state index contributed by atoms with van der Waals surface area (Å²) in [7, 11) is 1.69. The van der Waals surface area contributed by atoms with Crippen LogP contribution in [0.25, 0.3) is 10.8 Å². The van der Waals surface area contributed by atoms with Gasteiger partial charge in [-0.05, 0) is 35.4 Å². The van der Waals surface area contributed by atoms with Crippen LogP contribution in [0, 0.1) is 6.92 Å². The number of ether oxygens (including phenoxy) is 1. The lowest BCUT2D eigenvalue weighted by atomic mass is 10.0. The molecule has 2 aromatic carbocycles. The average Bonchev–Trinajstić information content (AvgIpc) is 2.77. The van der Waals surface area contributed by atoms with Crippen molar-refractivity contribution in [1.82, 2.24) is 4.98 Å². The largest absolute Gasteiger partial charge is 0.497 e. The second kappa shape index (κ2) is 5.13. The molecule has 0 amide bonds. The molecule has 0 aliphatic rings. The zero-order valence-electron chi connectivity index (χ0n) is 11.5. The smallest absolute Gasteiger partial charge is 0.137 e. The van der Waals surface area contributed by atoms with Crippen LogP contribution < -0.4 is 10.5 Å². The third kappa shape index (κ3) is 2.34. The molecule has 0 saturated carbocycles. The molecular formula is C16H16N2OS. The summed E-state index contributed by atoms with van der Waals surface area (Å²) in [4.78, 5) is 5.50. The van der Waals surface area contributed by atoms with E-state index in [0.29, 0.717) is 5.82 Å². The van der Waals surface area contributed by atoms with E-state index in [2.05, 4.69) is 35.3 Å². The lowest BCUT2D eigenvalue weighted by molar-refractivity contribution is 0.415. The number of nitrogen functional groups attached to an aromatic ring is 1. The summed E-state index contributed by atoms with van der Waals surface area (Å²) in [5.41, 5.74) is 7.08. The number of thiazole rings is 1. The number of fused-ring (bicyclic) bond motifs is 1. The second-order valence-electron chi connectivity index (χ2n) is 4.73. The van der Waals surface area contributed by atoms with Gasteiger partial charge in [0, 0.05) is 11.3 Å². The van der Waals surface area contributed by atoms with Crippen LogP contribution in [0.1, 0.15) is 15.4 Å². The number of nitrogens with zero attached hydrogens (tertiary/aromatic N) is 1. The molecule has 0 atom stereocenters. The summed E-state index contributed by atoms with van der Waals surface area (Å²) in [6.07, 6.45) is 0.799. The molecule has 0 fully saturated rings. The van der Waals surface area contributed by atoms with Crippen molar-refractivity contribution in [3.8, 4) is 5.75 Å². The van der Waals surface area contributed by atoms with Crippen molar-refractivity contribution in [1.29, 1.82) is 0 Å². The molecule has 0 saturated heterocycles. The van der Waals surface area contributed by atoms with Crippen LogP contribution in [-0.4, -0.2) is 12.1 Å². The van der Waals surface area contributed by atoms with Gasteiger partial charge in [0.1, 0.15) is 11.6 Å². The number of aromatic nitrogens is 1. The molecule has 0 spiro atoms. The summed E-state index contributed by atoms with van der Waals surface area (Å²) in [5.74, 6) is 1.52. The van der Waals surface area contributed by atoms with Crippen molar-refractivity contribution >= 4 is 27.9 Å². The number of nitrogens with two attached hydrogens (primary N) is 1. The minimum atomic E-state index is 0.641. The van der Waals surface area contributed by atoms with Gasteiger partial charge in [-0.3, -0.25) is 0 Å². The maximum absolute atomic E-state index is 5.83. The molecule has 3 rings (SSSR count). The molecule has 0 aliphatic carbocycles. The monoisotopic (exact) mass is 284 g/mol.